The fourth-order valence-corrected chi connectivity index (χ4v) is 3.38. The zero-order valence-corrected chi connectivity index (χ0v) is 11.4. The minimum Gasteiger partial charge on any atom is -0.298 e. The summed E-state index contributed by atoms with van der Waals surface area (Å²) in [5.74, 6) is 1.84. The van der Waals surface area contributed by atoms with Gasteiger partial charge in [-0.25, -0.2) is 0 Å². The van der Waals surface area contributed by atoms with Crippen LogP contribution in [-0.4, -0.2) is 6.29 Å². The highest BCUT2D eigenvalue weighted by atomic mass is 16.1. The first-order chi connectivity index (χ1) is 8.83. The van der Waals surface area contributed by atoms with Crippen LogP contribution in [-0.2, 0) is 6.42 Å². The highest BCUT2D eigenvalue weighted by molar-refractivity contribution is 5.74. The van der Waals surface area contributed by atoms with Crippen LogP contribution in [0.25, 0.3) is 0 Å². The normalized spacial score (nSPS) is 23.8. The van der Waals surface area contributed by atoms with Gasteiger partial charge in [0.25, 0.3) is 0 Å². The highest BCUT2D eigenvalue weighted by Crippen LogP contribution is 2.35. The molecular formula is C17H24O. The number of rotatable bonds is 5. The van der Waals surface area contributed by atoms with Crippen LogP contribution in [0, 0.1) is 11.8 Å². The van der Waals surface area contributed by atoms with Gasteiger partial charge in [-0.15, -0.1) is 0 Å². The van der Waals surface area contributed by atoms with Gasteiger partial charge < -0.3 is 0 Å². The third-order valence-electron chi connectivity index (χ3n) is 4.48. The van der Waals surface area contributed by atoms with Gasteiger partial charge >= 0.3 is 0 Å². The SMILES string of the molecule is CCC1CCCCC1CCc1cccc(C=O)c1. The van der Waals surface area contributed by atoms with Crippen molar-refractivity contribution in [3.05, 3.63) is 35.4 Å². The van der Waals surface area contributed by atoms with E-state index in [9.17, 15) is 4.79 Å². The largest absolute Gasteiger partial charge is 0.298 e. The van der Waals surface area contributed by atoms with E-state index in [0.29, 0.717) is 0 Å². The summed E-state index contributed by atoms with van der Waals surface area (Å²) in [7, 11) is 0. The molecule has 2 atom stereocenters. The molecule has 0 saturated heterocycles. The molecule has 0 N–H and O–H groups in total. The Morgan fingerprint density at radius 2 is 2.00 bits per heavy atom. The molecule has 0 aliphatic heterocycles. The second-order valence-corrected chi connectivity index (χ2v) is 5.61. The molecule has 0 amide bonds. The van der Waals surface area contributed by atoms with Crippen molar-refractivity contribution < 1.29 is 4.79 Å². The van der Waals surface area contributed by atoms with Gasteiger partial charge in [-0.05, 0) is 36.3 Å². The molecule has 0 bridgehead atoms. The lowest BCUT2D eigenvalue weighted by Gasteiger charge is -2.30. The van der Waals surface area contributed by atoms with Gasteiger partial charge in [-0.1, -0.05) is 57.2 Å². The molecule has 0 radical (unpaired) electrons. The smallest absolute Gasteiger partial charge is 0.150 e. The molecule has 1 fully saturated rings. The topological polar surface area (TPSA) is 17.1 Å². The van der Waals surface area contributed by atoms with Gasteiger partial charge in [0.15, 0.2) is 0 Å². The molecule has 98 valence electrons. The minimum atomic E-state index is 0.809. The van der Waals surface area contributed by atoms with Gasteiger partial charge in [-0.3, -0.25) is 4.79 Å². The molecule has 18 heavy (non-hydrogen) atoms. The summed E-state index contributed by atoms with van der Waals surface area (Å²) in [4.78, 5) is 10.8. The molecule has 0 spiro atoms. The first-order valence-corrected chi connectivity index (χ1v) is 7.37. The molecule has 1 aromatic rings. The van der Waals surface area contributed by atoms with E-state index in [1.807, 2.05) is 18.2 Å². The minimum absolute atomic E-state index is 0.809. The van der Waals surface area contributed by atoms with Gasteiger partial charge in [0.2, 0.25) is 0 Å². The van der Waals surface area contributed by atoms with Crippen LogP contribution in [0.1, 0.15) is 61.4 Å². The average Bonchev–Trinajstić information content (AvgIpc) is 2.45. The van der Waals surface area contributed by atoms with Crippen LogP contribution in [0.2, 0.25) is 0 Å². The fraction of sp³-hybridized carbons (Fsp3) is 0.588. The summed E-state index contributed by atoms with van der Waals surface area (Å²) in [6, 6.07) is 8.07. The molecule has 2 unspecified atom stereocenters. The van der Waals surface area contributed by atoms with Crippen LogP contribution >= 0.6 is 0 Å². The lowest BCUT2D eigenvalue weighted by molar-refractivity contribution is 0.112. The predicted octanol–water partition coefficient (Wildman–Crippen LogP) is 4.65. The molecule has 1 heteroatoms. The van der Waals surface area contributed by atoms with Crippen LogP contribution in [0.15, 0.2) is 24.3 Å². The van der Waals surface area contributed by atoms with E-state index < -0.39 is 0 Å². The number of carbonyl (C=O) groups is 1. The van der Waals surface area contributed by atoms with E-state index in [1.165, 1.54) is 44.1 Å². The summed E-state index contributed by atoms with van der Waals surface area (Å²) >= 11 is 0. The number of benzene rings is 1. The molecule has 1 nitrogen and oxygen atoms in total. The first-order valence-electron chi connectivity index (χ1n) is 7.37. The summed E-state index contributed by atoms with van der Waals surface area (Å²) in [5, 5.41) is 0. The second kappa shape index (κ2) is 6.72. The van der Waals surface area contributed by atoms with E-state index >= 15 is 0 Å². The van der Waals surface area contributed by atoms with Crippen LogP contribution < -0.4 is 0 Å². The third kappa shape index (κ3) is 3.44. The van der Waals surface area contributed by atoms with Crippen molar-refractivity contribution in [1.29, 1.82) is 0 Å². The van der Waals surface area contributed by atoms with Crippen LogP contribution in [0.5, 0.6) is 0 Å². The summed E-state index contributed by atoms with van der Waals surface area (Å²) < 4.78 is 0. The average molecular weight is 244 g/mol. The van der Waals surface area contributed by atoms with Crippen LogP contribution in [0.4, 0.5) is 0 Å². The van der Waals surface area contributed by atoms with E-state index in [2.05, 4.69) is 13.0 Å². The Morgan fingerprint density at radius 1 is 1.22 bits per heavy atom. The lowest BCUT2D eigenvalue weighted by atomic mass is 9.75. The second-order valence-electron chi connectivity index (χ2n) is 5.61. The molecule has 1 aliphatic carbocycles. The standard InChI is InChI=1S/C17H24O/c1-2-16-8-3-4-9-17(16)11-10-14-6-5-7-15(12-14)13-18/h5-7,12-13,16-17H,2-4,8-11H2,1H3. The van der Waals surface area contributed by atoms with Crippen molar-refractivity contribution in [2.75, 3.05) is 0 Å². The number of hydrogen-bond acceptors (Lipinski definition) is 1. The Bertz CT molecular complexity index is 383. The highest BCUT2D eigenvalue weighted by Gasteiger charge is 2.22. The molecule has 1 aromatic carbocycles. The van der Waals surface area contributed by atoms with E-state index in [-0.39, 0.29) is 0 Å². The Morgan fingerprint density at radius 3 is 2.72 bits per heavy atom. The van der Waals surface area contributed by atoms with E-state index in [0.717, 1.165) is 30.1 Å². The predicted molar refractivity (Wildman–Crippen MR) is 75.9 cm³/mol. The zero-order valence-electron chi connectivity index (χ0n) is 11.4. The first kappa shape index (κ1) is 13.3. The maximum Gasteiger partial charge on any atom is 0.150 e. The van der Waals surface area contributed by atoms with Crippen molar-refractivity contribution >= 4 is 6.29 Å². The van der Waals surface area contributed by atoms with Crippen molar-refractivity contribution in [3.8, 4) is 0 Å². The molecule has 0 aromatic heterocycles. The molecule has 0 heterocycles. The Hall–Kier alpha value is -1.11. The number of hydrogen-bond donors (Lipinski definition) is 0. The number of aldehydes is 1. The summed E-state index contributed by atoms with van der Waals surface area (Å²) in [6.45, 7) is 2.33. The molecule has 1 aliphatic rings. The Labute approximate surface area is 111 Å². The van der Waals surface area contributed by atoms with Gasteiger partial charge in [0.05, 0.1) is 0 Å². The van der Waals surface area contributed by atoms with Crippen molar-refractivity contribution in [2.45, 2.75) is 51.9 Å². The maximum absolute atomic E-state index is 10.8. The van der Waals surface area contributed by atoms with Crippen molar-refractivity contribution in [3.63, 3.8) is 0 Å². The van der Waals surface area contributed by atoms with E-state index in [4.69, 9.17) is 0 Å². The maximum atomic E-state index is 10.8. The molecular weight excluding hydrogens is 220 g/mol. The monoisotopic (exact) mass is 244 g/mol. The van der Waals surface area contributed by atoms with Gasteiger partial charge in [-0.2, -0.15) is 0 Å². The third-order valence-corrected chi connectivity index (χ3v) is 4.48. The lowest BCUT2D eigenvalue weighted by Crippen LogP contribution is -2.19. The quantitative estimate of drug-likeness (QED) is 0.689. The van der Waals surface area contributed by atoms with Gasteiger partial charge in [0.1, 0.15) is 6.29 Å². The zero-order chi connectivity index (χ0) is 12.8. The van der Waals surface area contributed by atoms with Crippen LogP contribution in [0.3, 0.4) is 0 Å². The fourth-order valence-electron chi connectivity index (χ4n) is 3.38. The molecule has 2 rings (SSSR count). The van der Waals surface area contributed by atoms with E-state index in [1.54, 1.807) is 0 Å². The number of carbonyl (C=O) groups excluding carboxylic acids is 1. The number of aryl methyl sites for hydroxylation is 1. The van der Waals surface area contributed by atoms with Crippen molar-refractivity contribution in [1.82, 2.24) is 0 Å². The summed E-state index contributed by atoms with van der Waals surface area (Å²) in [6.07, 6.45) is 10.4. The Balaban J connectivity index is 1.91. The van der Waals surface area contributed by atoms with Gasteiger partial charge in [0, 0.05) is 5.56 Å². The molecule has 1 saturated carbocycles. The Kier molecular flexibility index (Phi) is 4.98. The van der Waals surface area contributed by atoms with Crippen molar-refractivity contribution in [2.24, 2.45) is 11.8 Å². The summed E-state index contributed by atoms with van der Waals surface area (Å²) in [5.41, 5.74) is 2.13.